The molecule has 1 aliphatic rings. The highest BCUT2D eigenvalue weighted by Gasteiger charge is 2.33. The fraction of sp³-hybridized carbons (Fsp3) is 0.190. The summed E-state index contributed by atoms with van der Waals surface area (Å²) in [6.45, 7) is 4.32. The highest BCUT2D eigenvalue weighted by molar-refractivity contribution is 9.10. The summed E-state index contributed by atoms with van der Waals surface area (Å²) in [5, 5.41) is 5.09. The topological polar surface area (TPSA) is 59.0 Å². The van der Waals surface area contributed by atoms with Crippen molar-refractivity contribution >= 4 is 39.5 Å². The van der Waals surface area contributed by atoms with Crippen LogP contribution in [-0.4, -0.2) is 29.1 Å². The maximum absolute atomic E-state index is 12.8. The summed E-state index contributed by atoms with van der Waals surface area (Å²) < 4.78 is 6.64. The molecule has 0 spiro atoms. The Morgan fingerprint density at radius 1 is 1.22 bits per heavy atom. The number of benzene rings is 2. The first kappa shape index (κ1) is 19.0. The molecule has 27 heavy (non-hydrogen) atoms. The number of hydrazone groups is 1. The van der Waals surface area contributed by atoms with Crippen LogP contribution < -0.4 is 4.74 Å². The number of halogens is 1. The van der Waals surface area contributed by atoms with E-state index in [1.54, 1.807) is 37.3 Å². The summed E-state index contributed by atoms with van der Waals surface area (Å²) in [4.78, 5) is 25.4. The summed E-state index contributed by atoms with van der Waals surface area (Å²) in [5.74, 6) is -0.205. The molecule has 2 amide bonds. The highest BCUT2D eigenvalue weighted by atomic mass is 79.9. The van der Waals surface area contributed by atoms with Crippen molar-refractivity contribution in [2.45, 2.75) is 20.3 Å². The third-order valence-electron chi connectivity index (χ3n) is 4.01. The lowest BCUT2D eigenvalue weighted by Crippen LogP contribution is -2.29. The van der Waals surface area contributed by atoms with E-state index in [4.69, 9.17) is 4.74 Å². The van der Waals surface area contributed by atoms with Gasteiger partial charge in [0.2, 0.25) is 0 Å². The molecule has 0 saturated carbocycles. The van der Waals surface area contributed by atoms with E-state index in [2.05, 4.69) is 21.0 Å². The Kier molecular flexibility index (Phi) is 5.86. The van der Waals surface area contributed by atoms with Crippen molar-refractivity contribution in [3.8, 4) is 5.75 Å². The Morgan fingerprint density at radius 3 is 2.67 bits per heavy atom. The van der Waals surface area contributed by atoms with Crippen LogP contribution in [0.2, 0.25) is 0 Å². The van der Waals surface area contributed by atoms with Gasteiger partial charge in [-0.3, -0.25) is 9.59 Å². The molecule has 0 unspecified atom stereocenters. The first-order valence-electron chi connectivity index (χ1n) is 8.64. The Bertz CT molecular complexity index is 936. The number of hydrogen-bond donors (Lipinski definition) is 0. The molecule has 2 aromatic rings. The number of nitrogens with zero attached hydrogens (tertiary/aromatic N) is 2. The lowest BCUT2D eigenvalue weighted by atomic mass is 10.1. The van der Waals surface area contributed by atoms with Crippen LogP contribution in [0.3, 0.4) is 0 Å². The molecule has 138 valence electrons. The van der Waals surface area contributed by atoms with Crippen LogP contribution in [0.5, 0.6) is 5.75 Å². The number of imide groups is 1. The quantitative estimate of drug-likeness (QED) is 0.514. The van der Waals surface area contributed by atoms with Gasteiger partial charge in [0.15, 0.2) is 0 Å². The maximum Gasteiger partial charge on any atom is 0.283 e. The van der Waals surface area contributed by atoms with E-state index in [9.17, 15) is 9.59 Å². The van der Waals surface area contributed by atoms with Crippen molar-refractivity contribution in [3.63, 3.8) is 0 Å². The summed E-state index contributed by atoms with van der Waals surface area (Å²) >= 11 is 3.45. The summed E-state index contributed by atoms with van der Waals surface area (Å²) in [6, 6.07) is 14.2. The SMILES string of the molecule is CCCOc1ccc(Br)cc1/C=C1/C(=O)N(C(=O)c2ccccc2)N=C1C. The van der Waals surface area contributed by atoms with E-state index in [1.165, 1.54) is 0 Å². The van der Waals surface area contributed by atoms with Crippen LogP contribution in [-0.2, 0) is 4.79 Å². The van der Waals surface area contributed by atoms with Gasteiger partial charge in [-0.05, 0) is 49.8 Å². The maximum atomic E-state index is 12.8. The fourth-order valence-corrected chi connectivity index (χ4v) is 3.03. The molecule has 0 aromatic heterocycles. The Morgan fingerprint density at radius 2 is 1.96 bits per heavy atom. The van der Waals surface area contributed by atoms with E-state index in [-0.39, 0.29) is 0 Å². The van der Waals surface area contributed by atoms with Crippen LogP contribution in [0.15, 0.2) is 63.7 Å². The van der Waals surface area contributed by atoms with Gasteiger partial charge in [0, 0.05) is 15.6 Å². The van der Waals surface area contributed by atoms with Gasteiger partial charge in [-0.1, -0.05) is 41.1 Å². The number of hydrogen-bond acceptors (Lipinski definition) is 4. The standard InChI is InChI=1S/C21H19BrN2O3/c1-3-11-27-19-10-9-17(22)12-16(19)13-18-14(2)23-24(21(18)26)20(25)15-7-5-4-6-8-15/h4-10,12-13H,3,11H2,1-2H3/b18-13+. The first-order chi connectivity index (χ1) is 13.0. The zero-order valence-electron chi connectivity index (χ0n) is 15.1. The predicted octanol–water partition coefficient (Wildman–Crippen LogP) is 4.68. The molecule has 6 heteroatoms. The van der Waals surface area contributed by atoms with Crippen LogP contribution in [0, 0.1) is 0 Å². The van der Waals surface area contributed by atoms with Gasteiger partial charge in [-0.15, -0.1) is 0 Å². The van der Waals surface area contributed by atoms with E-state index < -0.39 is 11.8 Å². The third-order valence-corrected chi connectivity index (χ3v) is 4.50. The van der Waals surface area contributed by atoms with Gasteiger partial charge in [0.05, 0.1) is 17.9 Å². The van der Waals surface area contributed by atoms with Crippen molar-refractivity contribution in [1.82, 2.24) is 5.01 Å². The van der Waals surface area contributed by atoms with Crippen LogP contribution in [0.4, 0.5) is 0 Å². The van der Waals surface area contributed by atoms with Gasteiger partial charge >= 0.3 is 0 Å². The molecule has 2 aromatic carbocycles. The smallest absolute Gasteiger partial charge is 0.283 e. The van der Waals surface area contributed by atoms with Crippen molar-refractivity contribution in [2.24, 2.45) is 5.10 Å². The molecule has 3 rings (SSSR count). The summed E-state index contributed by atoms with van der Waals surface area (Å²) in [6.07, 6.45) is 2.60. The molecule has 1 aliphatic heterocycles. The molecule has 0 atom stereocenters. The van der Waals surface area contributed by atoms with Crippen molar-refractivity contribution in [3.05, 3.63) is 69.7 Å². The number of carbonyl (C=O) groups is 2. The largest absolute Gasteiger partial charge is 0.493 e. The summed E-state index contributed by atoms with van der Waals surface area (Å²) in [5.41, 5.74) is 2.03. The second-order valence-electron chi connectivity index (χ2n) is 6.06. The van der Waals surface area contributed by atoms with E-state index in [0.717, 1.165) is 21.5 Å². The van der Waals surface area contributed by atoms with Crippen molar-refractivity contribution in [1.29, 1.82) is 0 Å². The molecule has 0 bridgehead atoms. The van der Waals surface area contributed by atoms with Gasteiger partial charge in [0.1, 0.15) is 5.75 Å². The first-order valence-corrected chi connectivity index (χ1v) is 9.44. The minimum absolute atomic E-state index is 0.374. The van der Waals surface area contributed by atoms with E-state index >= 15 is 0 Å². The normalized spacial score (nSPS) is 15.2. The number of ether oxygens (including phenoxy) is 1. The Balaban J connectivity index is 1.93. The molecule has 0 radical (unpaired) electrons. The molecule has 1 heterocycles. The molecule has 5 nitrogen and oxygen atoms in total. The van der Waals surface area contributed by atoms with Crippen LogP contribution >= 0.6 is 15.9 Å². The highest BCUT2D eigenvalue weighted by Crippen LogP contribution is 2.28. The van der Waals surface area contributed by atoms with Gasteiger partial charge < -0.3 is 4.74 Å². The average molecular weight is 427 g/mol. The fourth-order valence-electron chi connectivity index (χ4n) is 2.66. The molecular weight excluding hydrogens is 408 g/mol. The van der Waals surface area contributed by atoms with Crippen LogP contribution in [0.1, 0.15) is 36.2 Å². The van der Waals surface area contributed by atoms with Gasteiger partial charge in [-0.25, -0.2) is 0 Å². The molecule has 0 aliphatic carbocycles. The Labute approximate surface area is 166 Å². The van der Waals surface area contributed by atoms with Crippen LogP contribution in [0.25, 0.3) is 6.08 Å². The minimum Gasteiger partial charge on any atom is -0.493 e. The zero-order valence-corrected chi connectivity index (χ0v) is 16.7. The summed E-state index contributed by atoms with van der Waals surface area (Å²) in [7, 11) is 0. The van der Waals surface area contributed by atoms with Crippen molar-refractivity contribution in [2.75, 3.05) is 6.61 Å². The second kappa shape index (κ2) is 8.31. The zero-order chi connectivity index (χ0) is 19.4. The Hall–Kier alpha value is -2.73. The van der Waals surface area contributed by atoms with E-state index in [1.807, 2.05) is 31.2 Å². The molecular formula is C21H19BrN2O3. The van der Waals surface area contributed by atoms with Crippen molar-refractivity contribution < 1.29 is 14.3 Å². The molecule has 0 N–H and O–H groups in total. The third kappa shape index (κ3) is 4.17. The monoisotopic (exact) mass is 426 g/mol. The van der Waals surface area contributed by atoms with Gasteiger partial charge in [0.25, 0.3) is 11.8 Å². The second-order valence-corrected chi connectivity index (χ2v) is 6.98. The van der Waals surface area contributed by atoms with E-state index in [0.29, 0.717) is 29.2 Å². The lowest BCUT2D eigenvalue weighted by Gasteiger charge is -2.11. The lowest BCUT2D eigenvalue weighted by molar-refractivity contribution is -0.123. The molecule has 0 fully saturated rings. The predicted molar refractivity (Wildman–Crippen MR) is 109 cm³/mol. The number of amides is 2. The average Bonchev–Trinajstić information content (AvgIpc) is 2.96. The van der Waals surface area contributed by atoms with Gasteiger partial charge in [-0.2, -0.15) is 10.1 Å². The minimum atomic E-state index is -0.444. The molecule has 0 saturated heterocycles. The number of rotatable bonds is 5. The number of carbonyl (C=O) groups excluding carboxylic acids is 2.